The first-order valence-electron chi connectivity index (χ1n) is 7.69. The highest BCUT2D eigenvalue weighted by molar-refractivity contribution is 7.99. The molecule has 0 fully saturated rings. The number of nitrogens with zero attached hydrogens (tertiary/aromatic N) is 1. The topological polar surface area (TPSA) is 42.0 Å². The zero-order valence-corrected chi connectivity index (χ0v) is 14.5. The third-order valence-electron chi connectivity index (χ3n) is 3.84. The Morgan fingerprint density at radius 2 is 2.27 bits per heavy atom. The molecule has 0 spiro atoms. The molecule has 3 nitrogen and oxygen atoms in total. The van der Waals surface area contributed by atoms with Crippen LogP contribution < -0.4 is 5.32 Å². The van der Waals surface area contributed by atoms with E-state index >= 15 is 0 Å². The van der Waals surface area contributed by atoms with E-state index < -0.39 is 0 Å². The smallest absolute Gasteiger partial charge is 0.258 e. The van der Waals surface area contributed by atoms with Gasteiger partial charge in [-0.3, -0.25) is 10.1 Å². The number of thioether (sulfide) groups is 1. The zero-order chi connectivity index (χ0) is 15.5. The quantitative estimate of drug-likeness (QED) is 0.830. The summed E-state index contributed by atoms with van der Waals surface area (Å²) in [6.45, 7) is 4.37. The number of carbonyl (C=O) groups excluding carboxylic acids is 1. The van der Waals surface area contributed by atoms with Crippen LogP contribution in [-0.2, 0) is 12.8 Å². The number of aryl methyl sites for hydroxylation is 1. The molecule has 0 saturated carbocycles. The number of aromatic nitrogens is 1. The molecule has 1 amide bonds. The van der Waals surface area contributed by atoms with Gasteiger partial charge in [-0.1, -0.05) is 26.0 Å². The summed E-state index contributed by atoms with van der Waals surface area (Å²) >= 11 is 3.32. The summed E-state index contributed by atoms with van der Waals surface area (Å²) in [7, 11) is 0. The summed E-state index contributed by atoms with van der Waals surface area (Å²) in [4.78, 5) is 19.5. The van der Waals surface area contributed by atoms with Crippen molar-refractivity contribution in [2.45, 2.75) is 38.0 Å². The molecule has 0 saturated heterocycles. The van der Waals surface area contributed by atoms with Crippen molar-refractivity contribution < 1.29 is 4.79 Å². The normalized spacial score (nSPS) is 17.1. The molecule has 1 unspecified atom stereocenters. The van der Waals surface area contributed by atoms with Crippen molar-refractivity contribution in [2.24, 2.45) is 5.92 Å². The Bertz CT molecular complexity index is 681. The number of benzene rings is 1. The Morgan fingerprint density at radius 1 is 1.45 bits per heavy atom. The van der Waals surface area contributed by atoms with Gasteiger partial charge in [-0.05, 0) is 43.1 Å². The lowest BCUT2D eigenvalue weighted by Gasteiger charge is -2.15. The maximum Gasteiger partial charge on any atom is 0.258 e. The van der Waals surface area contributed by atoms with Crippen LogP contribution in [0.15, 0.2) is 29.2 Å². The van der Waals surface area contributed by atoms with Gasteiger partial charge in [0.25, 0.3) is 5.91 Å². The van der Waals surface area contributed by atoms with Crippen LogP contribution in [0.5, 0.6) is 0 Å². The van der Waals surface area contributed by atoms with Crippen molar-refractivity contribution >= 4 is 34.1 Å². The maximum atomic E-state index is 12.5. The van der Waals surface area contributed by atoms with Gasteiger partial charge in [0.2, 0.25) is 0 Å². The van der Waals surface area contributed by atoms with Crippen LogP contribution in [0.25, 0.3) is 0 Å². The molecule has 0 aliphatic heterocycles. The average Bonchev–Trinajstić information content (AvgIpc) is 2.89. The predicted molar refractivity (Wildman–Crippen MR) is 94.1 cm³/mol. The first-order chi connectivity index (χ1) is 10.7. The Kier molecular flexibility index (Phi) is 4.84. The van der Waals surface area contributed by atoms with E-state index in [0.717, 1.165) is 40.1 Å². The Hall–Kier alpha value is -1.33. The van der Waals surface area contributed by atoms with Crippen LogP contribution in [-0.4, -0.2) is 16.6 Å². The number of carbonyl (C=O) groups is 1. The molecule has 1 aromatic carbocycles. The van der Waals surface area contributed by atoms with Crippen molar-refractivity contribution in [2.75, 3.05) is 11.1 Å². The number of rotatable bonds is 4. The van der Waals surface area contributed by atoms with Gasteiger partial charge < -0.3 is 0 Å². The van der Waals surface area contributed by atoms with Crippen LogP contribution in [0.4, 0.5) is 5.13 Å². The van der Waals surface area contributed by atoms with Gasteiger partial charge in [0.1, 0.15) is 0 Å². The van der Waals surface area contributed by atoms with E-state index in [1.54, 1.807) is 23.1 Å². The highest BCUT2D eigenvalue weighted by Gasteiger charge is 2.21. The molecular formula is C17H20N2OS2. The van der Waals surface area contributed by atoms with Crippen molar-refractivity contribution in [3.05, 3.63) is 40.4 Å². The second-order valence-electron chi connectivity index (χ2n) is 5.62. The highest BCUT2D eigenvalue weighted by atomic mass is 32.2. The fourth-order valence-electron chi connectivity index (χ4n) is 2.69. The van der Waals surface area contributed by atoms with Gasteiger partial charge in [0.05, 0.1) is 11.3 Å². The Labute approximate surface area is 139 Å². The summed E-state index contributed by atoms with van der Waals surface area (Å²) in [5.74, 6) is 1.61. The minimum absolute atomic E-state index is 0.0595. The van der Waals surface area contributed by atoms with Crippen LogP contribution in [0.3, 0.4) is 0 Å². The minimum Gasteiger partial charge on any atom is -0.298 e. The molecule has 0 radical (unpaired) electrons. The number of hydrogen-bond acceptors (Lipinski definition) is 4. The summed E-state index contributed by atoms with van der Waals surface area (Å²) in [6, 6.07) is 7.75. The molecule has 1 N–H and O–H groups in total. The van der Waals surface area contributed by atoms with Crippen LogP contribution in [0.2, 0.25) is 0 Å². The van der Waals surface area contributed by atoms with Gasteiger partial charge in [-0.25, -0.2) is 4.98 Å². The predicted octanol–water partition coefficient (Wildman–Crippen LogP) is 4.63. The molecule has 1 aromatic heterocycles. The standard InChI is InChI=1S/C17H20N2OS2/c1-3-21-14-7-5-4-6-12(14)16(20)19-17-18-13-9-8-11(2)10-15(13)22-17/h4-7,11H,3,8-10H2,1-2H3,(H,18,19,20). The fourth-order valence-corrected chi connectivity index (χ4v) is 4.66. The van der Waals surface area contributed by atoms with E-state index in [4.69, 9.17) is 0 Å². The van der Waals surface area contributed by atoms with E-state index in [-0.39, 0.29) is 5.91 Å². The molecule has 5 heteroatoms. The van der Waals surface area contributed by atoms with Gasteiger partial charge in [-0.15, -0.1) is 23.1 Å². The third-order valence-corrected chi connectivity index (χ3v) is 5.83. The summed E-state index contributed by atoms with van der Waals surface area (Å²) in [5, 5.41) is 3.72. The number of thiazole rings is 1. The lowest BCUT2D eigenvalue weighted by molar-refractivity contribution is 0.102. The number of amides is 1. The van der Waals surface area contributed by atoms with Crippen LogP contribution in [0.1, 0.15) is 41.2 Å². The molecule has 116 valence electrons. The van der Waals surface area contributed by atoms with Gasteiger partial charge in [0, 0.05) is 9.77 Å². The second kappa shape index (κ2) is 6.84. The van der Waals surface area contributed by atoms with E-state index in [0.29, 0.717) is 0 Å². The first kappa shape index (κ1) is 15.6. The monoisotopic (exact) mass is 332 g/mol. The van der Waals surface area contributed by atoms with Crippen molar-refractivity contribution in [1.29, 1.82) is 0 Å². The number of fused-ring (bicyclic) bond motifs is 1. The number of nitrogens with one attached hydrogen (secondary N) is 1. The second-order valence-corrected chi connectivity index (χ2v) is 8.01. The summed E-state index contributed by atoms with van der Waals surface area (Å²) in [5.41, 5.74) is 1.91. The Morgan fingerprint density at radius 3 is 3.09 bits per heavy atom. The van der Waals surface area contributed by atoms with Crippen molar-refractivity contribution in [3.63, 3.8) is 0 Å². The molecule has 22 heavy (non-hydrogen) atoms. The first-order valence-corrected chi connectivity index (χ1v) is 9.49. The molecule has 1 heterocycles. The maximum absolute atomic E-state index is 12.5. The molecular weight excluding hydrogens is 312 g/mol. The van der Waals surface area contributed by atoms with Gasteiger partial charge in [-0.2, -0.15) is 0 Å². The molecule has 1 aliphatic rings. The van der Waals surface area contributed by atoms with Crippen LogP contribution >= 0.6 is 23.1 Å². The molecule has 1 atom stereocenters. The number of hydrogen-bond donors (Lipinski definition) is 1. The molecule has 1 aliphatic carbocycles. The van der Waals surface area contributed by atoms with Crippen molar-refractivity contribution in [3.8, 4) is 0 Å². The fraction of sp³-hybridized carbons (Fsp3) is 0.412. The molecule has 2 aromatic rings. The Balaban J connectivity index is 1.77. The number of anilines is 1. The van der Waals surface area contributed by atoms with E-state index in [1.807, 2.05) is 24.3 Å². The highest BCUT2D eigenvalue weighted by Crippen LogP contribution is 2.32. The van der Waals surface area contributed by atoms with E-state index in [2.05, 4.69) is 24.1 Å². The minimum atomic E-state index is -0.0595. The van der Waals surface area contributed by atoms with E-state index in [9.17, 15) is 4.79 Å². The van der Waals surface area contributed by atoms with E-state index in [1.165, 1.54) is 17.0 Å². The van der Waals surface area contributed by atoms with Gasteiger partial charge >= 0.3 is 0 Å². The lowest BCUT2D eigenvalue weighted by Crippen LogP contribution is -2.13. The van der Waals surface area contributed by atoms with Crippen molar-refractivity contribution in [1.82, 2.24) is 4.98 Å². The van der Waals surface area contributed by atoms with Crippen LogP contribution in [0, 0.1) is 5.92 Å². The SMILES string of the molecule is CCSc1ccccc1C(=O)Nc1nc2c(s1)CC(C)CC2. The van der Waals surface area contributed by atoms with Gasteiger partial charge in [0.15, 0.2) is 5.13 Å². The lowest BCUT2D eigenvalue weighted by atomic mass is 9.93. The summed E-state index contributed by atoms with van der Waals surface area (Å²) in [6.07, 6.45) is 3.32. The third kappa shape index (κ3) is 3.36. The molecule has 3 rings (SSSR count). The average molecular weight is 332 g/mol. The largest absolute Gasteiger partial charge is 0.298 e. The summed E-state index contributed by atoms with van der Waals surface area (Å²) < 4.78 is 0. The zero-order valence-electron chi connectivity index (χ0n) is 12.9. The molecule has 0 bridgehead atoms.